The van der Waals surface area contributed by atoms with E-state index in [4.69, 9.17) is 4.74 Å². The Morgan fingerprint density at radius 1 is 1.19 bits per heavy atom. The Balaban J connectivity index is 1.81. The normalized spacial score (nSPS) is 10.9. The van der Waals surface area contributed by atoms with Gasteiger partial charge in [-0.2, -0.15) is 5.10 Å². The molecule has 27 heavy (non-hydrogen) atoms. The van der Waals surface area contributed by atoms with Gasteiger partial charge in [-0.3, -0.25) is 4.79 Å². The summed E-state index contributed by atoms with van der Waals surface area (Å²) in [6.07, 6.45) is 5.35. The van der Waals surface area contributed by atoms with E-state index < -0.39 is 0 Å². The molecule has 138 valence electrons. The number of benzene rings is 2. The molecular formula is C20H17Br2N3O2. The van der Waals surface area contributed by atoms with E-state index >= 15 is 0 Å². The lowest BCUT2D eigenvalue weighted by Gasteiger charge is -2.11. The fourth-order valence-electron chi connectivity index (χ4n) is 2.58. The molecule has 0 saturated heterocycles. The van der Waals surface area contributed by atoms with Crippen LogP contribution >= 0.6 is 31.9 Å². The van der Waals surface area contributed by atoms with Crippen LogP contribution in [0.5, 0.6) is 5.75 Å². The summed E-state index contributed by atoms with van der Waals surface area (Å²) in [6.45, 7) is 2.44. The first-order valence-corrected chi connectivity index (χ1v) is 9.86. The van der Waals surface area contributed by atoms with Crippen molar-refractivity contribution in [3.8, 4) is 11.4 Å². The van der Waals surface area contributed by atoms with Gasteiger partial charge in [-0.1, -0.05) is 28.1 Å². The largest absolute Gasteiger partial charge is 0.492 e. The molecule has 3 rings (SSSR count). The Kier molecular flexibility index (Phi) is 6.47. The third-order valence-corrected chi connectivity index (χ3v) is 4.77. The minimum Gasteiger partial charge on any atom is -0.492 e. The highest BCUT2D eigenvalue weighted by Gasteiger charge is 2.12. The van der Waals surface area contributed by atoms with Crippen LogP contribution < -0.4 is 10.2 Å². The second kappa shape index (κ2) is 9.01. The molecule has 0 fully saturated rings. The van der Waals surface area contributed by atoms with Gasteiger partial charge < -0.3 is 9.30 Å². The third kappa shape index (κ3) is 4.67. The average Bonchev–Trinajstić information content (AvgIpc) is 3.19. The average molecular weight is 491 g/mol. The fraction of sp³-hybridized carbons (Fsp3) is 0.100. The number of amides is 1. The van der Waals surface area contributed by atoms with Gasteiger partial charge in [-0.05, 0) is 59.3 Å². The molecule has 5 nitrogen and oxygen atoms in total. The molecule has 1 aromatic heterocycles. The van der Waals surface area contributed by atoms with Gasteiger partial charge in [0.1, 0.15) is 5.75 Å². The molecule has 0 radical (unpaired) electrons. The molecule has 1 heterocycles. The van der Waals surface area contributed by atoms with Crippen LogP contribution in [-0.2, 0) is 0 Å². The number of halogens is 2. The van der Waals surface area contributed by atoms with Gasteiger partial charge in [-0.25, -0.2) is 5.43 Å². The standard InChI is InChI=1S/C20H17Br2N3O2/c1-2-27-19-14(11-15(21)12-17(19)22)13-23-24-20(26)16-7-3-4-8-18(16)25-9-5-6-10-25/h3-13H,2H2,1H3,(H,24,26)/b23-13-. The fourth-order valence-corrected chi connectivity index (χ4v) is 3.95. The van der Waals surface area contributed by atoms with Gasteiger partial charge in [0.2, 0.25) is 0 Å². The van der Waals surface area contributed by atoms with Crippen molar-refractivity contribution in [2.75, 3.05) is 6.61 Å². The molecular weight excluding hydrogens is 474 g/mol. The van der Waals surface area contributed by atoms with Crippen molar-refractivity contribution in [3.05, 3.63) is 81.0 Å². The van der Waals surface area contributed by atoms with Gasteiger partial charge in [0.05, 0.1) is 28.5 Å². The van der Waals surface area contributed by atoms with Crippen LogP contribution in [0.3, 0.4) is 0 Å². The van der Waals surface area contributed by atoms with Crippen LogP contribution in [0.1, 0.15) is 22.8 Å². The number of carbonyl (C=O) groups is 1. The molecule has 1 amide bonds. The zero-order valence-electron chi connectivity index (χ0n) is 14.5. The highest BCUT2D eigenvalue weighted by molar-refractivity contribution is 9.11. The summed E-state index contributed by atoms with van der Waals surface area (Å²) in [7, 11) is 0. The lowest BCUT2D eigenvalue weighted by molar-refractivity contribution is 0.0955. The minimum atomic E-state index is -0.289. The second-order valence-corrected chi connectivity index (χ2v) is 7.32. The number of nitrogens with zero attached hydrogens (tertiary/aromatic N) is 2. The van der Waals surface area contributed by atoms with Crippen LogP contribution in [0, 0.1) is 0 Å². The molecule has 0 aliphatic heterocycles. The summed E-state index contributed by atoms with van der Waals surface area (Å²) < 4.78 is 9.23. The van der Waals surface area contributed by atoms with Gasteiger partial charge in [-0.15, -0.1) is 0 Å². The van der Waals surface area contributed by atoms with Crippen LogP contribution in [0.15, 0.2) is 75.0 Å². The smallest absolute Gasteiger partial charge is 0.273 e. The first kappa shape index (κ1) is 19.4. The number of hydrazone groups is 1. The number of aromatic nitrogens is 1. The molecule has 0 unspecified atom stereocenters. The Morgan fingerprint density at radius 3 is 2.67 bits per heavy atom. The molecule has 7 heteroatoms. The summed E-state index contributed by atoms with van der Waals surface area (Å²) >= 11 is 6.93. The van der Waals surface area contributed by atoms with Gasteiger partial charge in [0.25, 0.3) is 5.91 Å². The van der Waals surface area contributed by atoms with E-state index in [-0.39, 0.29) is 5.91 Å². The molecule has 0 atom stereocenters. The third-order valence-electron chi connectivity index (χ3n) is 3.73. The number of hydrogen-bond donors (Lipinski definition) is 1. The zero-order chi connectivity index (χ0) is 19.2. The Bertz CT molecular complexity index is 969. The van der Waals surface area contributed by atoms with Crippen molar-refractivity contribution in [1.29, 1.82) is 0 Å². The SMILES string of the molecule is CCOc1c(Br)cc(Br)cc1/C=N\NC(=O)c1ccccc1-n1cccc1. The first-order valence-electron chi connectivity index (χ1n) is 8.27. The minimum absolute atomic E-state index is 0.289. The van der Waals surface area contributed by atoms with Crippen LogP contribution in [0.2, 0.25) is 0 Å². The highest BCUT2D eigenvalue weighted by atomic mass is 79.9. The van der Waals surface area contributed by atoms with Gasteiger partial charge >= 0.3 is 0 Å². The lowest BCUT2D eigenvalue weighted by atomic mass is 10.1. The summed E-state index contributed by atoms with van der Waals surface area (Å²) in [4.78, 5) is 12.6. The maximum Gasteiger partial charge on any atom is 0.273 e. The quantitative estimate of drug-likeness (QED) is 0.383. The number of rotatable bonds is 6. The van der Waals surface area contributed by atoms with Crippen molar-refractivity contribution in [2.45, 2.75) is 6.92 Å². The van der Waals surface area contributed by atoms with Crippen molar-refractivity contribution >= 4 is 44.0 Å². The van der Waals surface area contributed by atoms with Gasteiger partial charge in [0, 0.05) is 22.4 Å². The first-order chi connectivity index (χ1) is 13.1. The zero-order valence-corrected chi connectivity index (χ0v) is 17.7. The second-order valence-electron chi connectivity index (χ2n) is 5.55. The maximum atomic E-state index is 12.6. The molecule has 3 aromatic rings. The van der Waals surface area contributed by atoms with Crippen LogP contribution in [-0.4, -0.2) is 23.3 Å². The highest BCUT2D eigenvalue weighted by Crippen LogP contribution is 2.32. The van der Waals surface area contributed by atoms with E-state index in [9.17, 15) is 4.79 Å². The number of ether oxygens (including phenoxy) is 1. The number of nitrogens with one attached hydrogen (secondary N) is 1. The van der Waals surface area contributed by atoms with E-state index in [2.05, 4.69) is 42.4 Å². The molecule has 0 aliphatic carbocycles. The topological polar surface area (TPSA) is 55.6 Å². The van der Waals surface area contributed by atoms with Gasteiger partial charge in [0.15, 0.2) is 0 Å². The predicted octanol–water partition coefficient (Wildman–Crippen LogP) is 5.16. The lowest BCUT2D eigenvalue weighted by Crippen LogP contribution is -2.19. The van der Waals surface area contributed by atoms with E-state index in [0.29, 0.717) is 17.9 Å². The Labute approximate surface area is 174 Å². The summed E-state index contributed by atoms with van der Waals surface area (Å²) in [5.74, 6) is 0.383. The number of hydrogen-bond acceptors (Lipinski definition) is 3. The van der Waals surface area contributed by atoms with E-state index in [1.165, 1.54) is 0 Å². The summed E-state index contributed by atoms with van der Waals surface area (Å²) in [6, 6.07) is 15.0. The van der Waals surface area contributed by atoms with E-state index in [0.717, 1.165) is 20.2 Å². The molecule has 0 spiro atoms. The molecule has 0 saturated carbocycles. The van der Waals surface area contributed by atoms with Crippen LogP contribution in [0.4, 0.5) is 0 Å². The summed E-state index contributed by atoms with van der Waals surface area (Å²) in [5, 5.41) is 4.11. The number of para-hydroxylation sites is 1. The molecule has 2 aromatic carbocycles. The number of carbonyl (C=O) groups excluding carboxylic acids is 1. The molecule has 0 aliphatic rings. The van der Waals surface area contributed by atoms with Crippen molar-refractivity contribution in [1.82, 2.24) is 9.99 Å². The van der Waals surface area contributed by atoms with Crippen molar-refractivity contribution in [3.63, 3.8) is 0 Å². The molecule has 0 bridgehead atoms. The Hall–Kier alpha value is -2.38. The van der Waals surface area contributed by atoms with E-state index in [1.807, 2.05) is 66.3 Å². The predicted molar refractivity (Wildman–Crippen MR) is 114 cm³/mol. The van der Waals surface area contributed by atoms with E-state index in [1.54, 1.807) is 12.3 Å². The van der Waals surface area contributed by atoms with Crippen LogP contribution in [0.25, 0.3) is 5.69 Å². The molecule has 1 N–H and O–H groups in total. The maximum absolute atomic E-state index is 12.6. The van der Waals surface area contributed by atoms with Crippen molar-refractivity contribution < 1.29 is 9.53 Å². The monoisotopic (exact) mass is 489 g/mol. The Morgan fingerprint density at radius 2 is 1.93 bits per heavy atom. The van der Waals surface area contributed by atoms with Crippen molar-refractivity contribution in [2.24, 2.45) is 5.10 Å². The summed E-state index contributed by atoms with van der Waals surface area (Å²) in [5.41, 5.74) is 4.66.